The van der Waals surface area contributed by atoms with E-state index in [1.54, 1.807) is 11.3 Å². The van der Waals surface area contributed by atoms with Crippen molar-refractivity contribution >= 4 is 22.2 Å². The molecule has 0 fully saturated rings. The number of thiazole rings is 1. The van der Waals surface area contributed by atoms with Gasteiger partial charge in [0.15, 0.2) is 4.96 Å². The van der Waals surface area contributed by atoms with Crippen LogP contribution in [0.25, 0.3) is 16.2 Å². The van der Waals surface area contributed by atoms with E-state index in [1.165, 1.54) is 5.69 Å². The molecule has 0 saturated carbocycles. The molecule has 4 nitrogen and oxygen atoms in total. The van der Waals surface area contributed by atoms with Gasteiger partial charge in [-0.1, -0.05) is 78.4 Å². The summed E-state index contributed by atoms with van der Waals surface area (Å²) in [6.45, 7) is 3.25. The first-order chi connectivity index (χ1) is 16.2. The number of aromatic nitrogens is 2. The van der Waals surface area contributed by atoms with Gasteiger partial charge in [0.2, 0.25) is 0 Å². The maximum atomic E-state index is 13.4. The summed E-state index contributed by atoms with van der Waals surface area (Å²) in [5.41, 5.74) is 6.25. The lowest BCUT2D eigenvalue weighted by molar-refractivity contribution is 0.0744. The Kier molecular flexibility index (Phi) is 6.05. The smallest absolute Gasteiger partial charge is 0.254 e. The highest BCUT2D eigenvalue weighted by atomic mass is 32.1. The van der Waals surface area contributed by atoms with Gasteiger partial charge in [-0.15, -0.1) is 11.3 Å². The van der Waals surface area contributed by atoms with Gasteiger partial charge in [-0.2, -0.15) is 0 Å². The normalized spacial score (nSPS) is 11.1. The summed E-state index contributed by atoms with van der Waals surface area (Å²) in [7, 11) is 0. The fraction of sp³-hybridized carbons (Fsp3) is 0.143. The Labute approximate surface area is 197 Å². The number of benzene rings is 3. The van der Waals surface area contributed by atoms with E-state index in [1.807, 2.05) is 72.5 Å². The molecule has 0 N–H and O–H groups in total. The highest BCUT2D eigenvalue weighted by Gasteiger charge is 2.18. The van der Waals surface area contributed by atoms with Crippen molar-refractivity contribution in [1.82, 2.24) is 14.3 Å². The molecule has 0 unspecified atom stereocenters. The monoisotopic (exact) mass is 451 g/mol. The van der Waals surface area contributed by atoms with E-state index in [0.29, 0.717) is 13.1 Å². The zero-order valence-electron chi connectivity index (χ0n) is 18.5. The van der Waals surface area contributed by atoms with Crippen LogP contribution in [-0.4, -0.2) is 26.7 Å². The van der Waals surface area contributed by atoms with E-state index in [4.69, 9.17) is 4.98 Å². The largest absolute Gasteiger partial charge is 0.334 e. The molecule has 0 spiro atoms. The summed E-state index contributed by atoms with van der Waals surface area (Å²) in [6, 6.07) is 28.2. The van der Waals surface area contributed by atoms with Crippen LogP contribution in [0.3, 0.4) is 0 Å². The minimum atomic E-state index is 0.0564. The molecule has 5 heteroatoms. The Balaban J connectivity index is 1.38. The zero-order valence-corrected chi connectivity index (χ0v) is 19.3. The molecule has 33 heavy (non-hydrogen) atoms. The molecular formula is C28H25N3OS. The van der Waals surface area contributed by atoms with Gasteiger partial charge in [-0.25, -0.2) is 4.98 Å². The number of carbonyl (C=O) groups excluding carboxylic acids is 1. The van der Waals surface area contributed by atoms with Gasteiger partial charge < -0.3 is 4.90 Å². The molecule has 2 heterocycles. The minimum absolute atomic E-state index is 0.0564. The Bertz CT molecular complexity index is 1360. The average Bonchev–Trinajstić information content (AvgIpc) is 3.44. The quantitative estimate of drug-likeness (QED) is 0.293. The Morgan fingerprint density at radius 2 is 1.64 bits per heavy atom. The third-order valence-corrected chi connectivity index (χ3v) is 6.68. The first kappa shape index (κ1) is 21.2. The zero-order chi connectivity index (χ0) is 22.6. The lowest BCUT2D eigenvalue weighted by atomic mass is 10.1. The van der Waals surface area contributed by atoms with E-state index in [-0.39, 0.29) is 5.91 Å². The molecule has 5 rings (SSSR count). The van der Waals surface area contributed by atoms with Crippen LogP contribution in [0.2, 0.25) is 0 Å². The fourth-order valence-electron chi connectivity index (χ4n) is 3.94. The number of nitrogens with zero attached hydrogens (tertiary/aromatic N) is 3. The summed E-state index contributed by atoms with van der Waals surface area (Å²) in [4.78, 5) is 21.1. The molecule has 1 amide bonds. The highest BCUT2D eigenvalue weighted by molar-refractivity contribution is 7.15. The number of imidazole rings is 1. The van der Waals surface area contributed by atoms with Crippen molar-refractivity contribution in [2.45, 2.75) is 19.9 Å². The first-order valence-corrected chi connectivity index (χ1v) is 12.0. The molecule has 0 aliphatic rings. The SMILES string of the molecule is Cc1ccc(C(=O)N(CCc2csc3nc(-c4ccccc4)cn23)Cc2ccccc2)cc1. The topological polar surface area (TPSA) is 37.6 Å². The van der Waals surface area contributed by atoms with Crippen molar-refractivity contribution in [3.05, 3.63) is 119 Å². The summed E-state index contributed by atoms with van der Waals surface area (Å²) in [5, 5.41) is 2.15. The predicted octanol–water partition coefficient (Wildman–Crippen LogP) is 6.26. The number of amides is 1. The molecular weight excluding hydrogens is 426 g/mol. The summed E-state index contributed by atoms with van der Waals surface area (Å²) < 4.78 is 2.16. The predicted molar refractivity (Wildman–Crippen MR) is 135 cm³/mol. The molecule has 0 saturated heterocycles. The fourth-order valence-corrected chi connectivity index (χ4v) is 4.85. The van der Waals surface area contributed by atoms with Crippen LogP contribution in [0.4, 0.5) is 0 Å². The van der Waals surface area contributed by atoms with Gasteiger partial charge in [0.1, 0.15) is 0 Å². The van der Waals surface area contributed by atoms with Crippen molar-refractivity contribution in [1.29, 1.82) is 0 Å². The molecule has 0 radical (unpaired) electrons. The average molecular weight is 452 g/mol. The summed E-state index contributed by atoms with van der Waals surface area (Å²) in [6.07, 6.45) is 2.86. The third-order valence-electron chi connectivity index (χ3n) is 5.79. The number of carbonyl (C=O) groups is 1. The summed E-state index contributed by atoms with van der Waals surface area (Å²) >= 11 is 1.64. The van der Waals surface area contributed by atoms with Gasteiger partial charge in [0.25, 0.3) is 5.91 Å². The van der Waals surface area contributed by atoms with Crippen molar-refractivity contribution < 1.29 is 4.79 Å². The Morgan fingerprint density at radius 1 is 0.939 bits per heavy atom. The van der Waals surface area contributed by atoms with Crippen LogP contribution in [0.5, 0.6) is 0 Å². The lowest BCUT2D eigenvalue weighted by Crippen LogP contribution is -2.32. The van der Waals surface area contributed by atoms with Crippen molar-refractivity contribution in [2.75, 3.05) is 6.54 Å². The molecule has 2 aromatic heterocycles. The second-order valence-corrected chi connectivity index (χ2v) is 9.04. The molecule has 0 aliphatic carbocycles. The van der Waals surface area contributed by atoms with Crippen LogP contribution in [0.15, 0.2) is 96.5 Å². The Morgan fingerprint density at radius 3 is 2.36 bits per heavy atom. The van der Waals surface area contributed by atoms with E-state index < -0.39 is 0 Å². The standard InChI is InChI=1S/C28H25N3OS/c1-21-12-14-24(15-13-21)27(32)30(18-22-8-4-2-5-9-22)17-16-25-20-33-28-29-26(19-31(25)28)23-10-6-3-7-11-23/h2-15,19-20H,16-18H2,1H3. The van der Waals surface area contributed by atoms with Crippen LogP contribution < -0.4 is 0 Å². The molecule has 5 aromatic rings. The minimum Gasteiger partial charge on any atom is -0.334 e. The van der Waals surface area contributed by atoms with Gasteiger partial charge in [-0.05, 0) is 24.6 Å². The van der Waals surface area contributed by atoms with Crippen LogP contribution in [0, 0.1) is 6.92 Å². The van der Waals surface area contributed by atoms with Crippen molar-refractivity contribution in [3.8, 4) is 11.3 Å². The van der Waals surface area contributed by atoms with Gasteiger partial charge in [0.05, 0.1) is 5.69 Å². The molecule has 164 valence electrons. The van der Waals surface area contributed by atoms with Crippen molar-refractivity contribution in [2.24, 2.45) is 0 Å². The van der Waals surface area contributed by atoms with Crippen LogP contribution in [0.1, 0.15) is 27.2 Å². The number of fused-ring (bicyclic) bond motifs is 1. The summed E-state index contributed by atoms with van der Waals surface area (Å²) in [5.74, 6) is 0.0564. The second-order valence-electron chi connectivity index (χ2n) is 8.20. The molecule has 0 bridgehead atoms. The van der Waals surface area contributed by atoms with Gasteiger partial charge in [0, 0.05) is 47.9 Å². The highest BCUT2D eigenvalue weighted by Crippen LogP contribution is 2.24. The third kappa shape index (κ3) is 4.73. The lowest BCUT2D eigenvalue weighted by Gasteiger charge is -2.23. The maximum Gasteiger partial charge on any atom is 0.254 e. The Hall–Kier alpha value is -3.70. The number of hydrogen-bond acceptors (Lipinski definition) is 3. The number of rotatable bonds is 7. The molecule has 0 atom stereocenters. The van der Waals surface area contributed by atoms with E-state index in [9.17, 15) is 4.79 Å². The first-order valence-electron chi connectivity index (χ1n) is 11.1. The van der Waals surface area contributed by atoms with E-state index >= 15 is 0 Å². The second kappa shape index (κ2) is 9.43. The van der Waals surface area contributed by atoms with Crippen molar-refractivity contribution in [3.63, 3.8) is 0 Å². The number of hydrogen-bond donors (Lipinski definition) is 0. The van der Waals surface area contributed by atoms with E-state index in [0.717, 1.165) is 39.3 Å². The van der Waals surface area contributed by atoms with Gasteiger partial charge in [-0.3, -0.25) is 9.20 Å². The van der Waals surface area contributed by atoms with Gasteiger partial charge >= 0.3 is 0 Å². The van der Waals surface area contributed by atoms with Crippen LogP contribution >= 0.6 is 11.3 Å². The number of aryl methyl sites for hydroxylation is 1. The van der Waals surface area contributed by atoms with Crippen LogP contribution in [-0.2, 0) is 13.0 Å². The molecule has 3 aromatic carbocycles. The maximum absolute atomic E-state index is 13.4. The van der Waals surface area contributed by atoms with E-state index in [2.05, 4.69) is 40.2 Å². The molecule has 0 aliphatic heterocycles.